The van der Waals surface area contributed by atoms with Gasteiger partial charge in [0.2, 0.25) is 0 Å². The summed E-state index contributed by atoms with van der Waals surface area (Å²) >= 11 is 0. The fraction of sp³-hybridized carbons (Fsp3) is 0.412. The van der Waals surface area contributed by atoms with Crippen molar-refractivity contribution in [3.63, 3.8) is 0 Å². The molecule has 1 atom stereocenters. The number of benzene rings is 1. The topological polar surface area (TPSA) is 50.2 Å². The van der Waals surface area contributed by atoms with E-state index in [1.165, 1.54) is 4.90 Å². The van der Waals surface area contributed by atoms with Gasteiger partial charge in [-0.15, -0.1) is 0 Å². The van der Waals surface area contributed by atoms with Crippen molar-refractivity contribution in [1.29, 1.82) is 0 Å². The summed E-state index contributed by atoms with van der Waals surface area (Å²) in [4.78, 5) is 13.8. The molecule has 0 aliphatic carbocycles. The summed E-state index contributed by atoms with van der Waals surface area (Å²) in [5.41, 5.74) is 0.659. The van der Waals surface area contributed by atoms with Gasteiger partial charge in [-0.1, -0.05) is 6.92 Å². The van der Waals surface area contributed by atoms with Crippen molar-refractivity contribution in [2.75, 3.05) is 13.1 Å². The predicted molar refractivity (Wildman–Crippen MR) is 85.3 cm³/mol. The van der Waals surface area contributed by atoms with Gasteiger partial charge >= 0.3 is 6.03 Å². The van der Waals surface area contributed by atoms with Crippen LogP contribution in [-0.4, -0.2) is 33.8 Å². The summed E-state index contributed by atoms with van der Waals surface area (Å²) in [6.45, 7) is 3.69. The minimum Gasteiger partial charge on any atom is -0.338 e. The van der Waals surface area contributed by atoms with E-state index in [-0.39, 0.29) is 24.1 Å². The molecule has 1 aliphatic rings. The van der Waals surface area contributed by atoms with Gasteiger partial charge in [0.15, 0.2) is 0 Å². The predicted octanol–water partition coefficient (Wildman–Crippen LogP) is 2.57. The number of halogens is 2. The van der Waals surface area contributed by atoms with Crippen molar-refractivity contribution in [3.8, 4) is 0 Å². The molecule has 0 spiro atoms. The van der Waals surface area contributed by atoms with E-state index in [4.69, 9.17) is 0 Å². The van der Waals surface area contributed by atoms with E-state index in [1.807, 2.05) is 23.9 Å². The number of carbonyl (C=O) groups excluding carboxylic acids is 1. The molecular formula is C17H20F2N4O. The lowest BCUT2D eigenvalue weighted by molar-refractivity contribution is 0.188. The number of rotatable bonds is 4. The molecule has 1 aliphatic heterocycles. The summed E-state index contributed by atoms with van der Waals surface area (Å²) in [5, 5.41) is 6.99. The monoisotopic (exact) mass is 334 g/mol. The molecule has 0 bridgehead atoms. The van der Waals surface area contributed by atoms with Crippen LogP contribution >= 0.6 is 0 Å². The molecule has 0 saturated carbocycles. The van der Waals surface area contributed by atoms with Gasteiger partial charge < -0.3 is 10.2 Å². The van der Waals surface area contributed by atoms with Crippen LogP contribution < -0.4 is 5.32 Å². The number of nitrogens with zero attached hydrogens (tertiary/aromatic N) is 3. The molecular weight excluding hydrogens is 314 g/mol. The van der Waals surface area contributed by atoms with Crippen LogP contribution in [0.3, 0.4) is 0 Å². The number of hydrogen-bond donors (Lipinski definition) is 1. The van der Waals surface area contributed by atoms with E-state index in [1.54, 1.807) is 6.20 Å². The third kappa shape index (κ3) is 3.55. The molecule has 1 aromatic carbocycles. The maximum atomic E-state index is 13.9. The van der Waals surface area contributed by atoms with Gasteiger partial charge in [0, 0.05) is 37.6 Å². The van der Waals surface area contributed by atoms with Crippen molar-refractivity contribution in [2.24, 2.45) is 5.92 Å². The molecule has 0 unspecified atom stereocenters. The minimum absolute atomic E-state index is 0.0955. The van der Waals surface area contributed by atoms with Crippen molar-refractivity contribution in [1.82, 2.24) is 20.0 Å². The van der Waals surface area contributed by atoms with Crippen LogP contribution in [0.1, 0.15) is 18.1 Å². The molecule has 128 valence electrons. The Balaban J connectivity index is 1.55. The zero-order valence-corrected chi connectivity index (χ0v) is 13.5. The number of fused-ring (bicyclic) bond motifs is 1. The third-order valence-electron chi connectivity index (χ3n) is 4.24. The Morgan fingerprint density at radius 3 is 2.79 bits per heavy atom. The maximum absolute atomic E-state index is 13.9. The van der Waals surface area contributed by atoms with Crippen molar-refractivity contribution >= 4 is 6.03 Å². The maximum Gasteiger partial charge on any atom is 0.317 e. The largest absolute Gasteiger partial charge is 0.338 e. The molecule has 0 saturated heterocycles. The lowest BCUT2D eigenvalue weighted by atomic mass is 9.99. The van der Waals surface area contributed by atoms with Gasteiger partial charge in [-0.3, -0.25) is 4.68 Å². The molecule has 7 heteroatoms. The summed E-state index contributed by atoms with van der Waals surface area (Å²) in [5.74, 6) is -0.657. The SMILES string of the molecule is C[C@H](CNC(=O)N1CCc2c(F)ccc(F)c2C1)Cn1cccn1. The molecule has 5 nitrogen and oxygen atoms in total. The van der Waals surface area contributed by atoms with Crippen LogP contribution in [0.15, 0.2) is 30.6 Å². The van der Waals surface area contributed by atoms with Crippen molar-refractivity contribution < 1.29 is 13.6 Å². The zero-order chi connectivity index (χ0) is 17.1. The van der Waals surface area contributed by atoms with Crippen molar-refractivity contribution in [3.05, 3.63) is 53.4 Å². The Morgan fingerprint density at radius 1 is 1.33 bits per heavy atom. The molecule has 3 rings (SSSR count). The average molecular weight is 334 g/mol. The Morgan fingerprint density at radius 2 is 2.08 bits per heavy atom. The summed E-state index contributed by atoms with van der Waals surface area (Å²) in [6, 6.07) is 3.85. The summed E-state index contributed by atoms with van der Waals surface area (Å²) in [7, 11) is 0. The second-order valence-electron chi connectivity index (χ2n) is 6.18. The van der Waals surface area contributed by atoms with Crippen LogP contribution in [0, 0.1) is 17.6 Å². The number of nitrogens with one attached hydrogen (secondary N) is 1. The first kappa shape index (κ1) is 16.4. The lowest BCUT2D eigenvalue weighted by Gasteiger charge is -2.29. The zero-order valence-electron chi connectivity index (χ0n) is 13.5. The van der Waals surface area contributed by atoms with Gasteiger partial charge in [-0.05, 0) is 36.1 Å². The fourth-order valence-corrected chi connectivity index (χ4v) is 2.93. The Bertz CT molecular complexity index is 718. The molecule has 2 aromatic rings. The molecule has 2 heterocycles. The van der Waals surface area contributed by atoms with Gasteiger partial charge in [0.1, 0.15) is 11.6 Å². The highest BCUT2D eigenvalue weighted by molar-refractivity contribution is 5.74. The van der Waals surface area contributed by atoms with Crippen molar-refractivity contribution in [2.45, 2.75) is 26.4 Å². The second-order valence-corrected chi connectivity index (χ2v) is 6.18. The summed E-state index contributed by atoms with van der Waals surface area (Å²) in [6.07, 6.45) is 3.91. The smallest absolute Gasteiger partial charge is 0.317 e. The molecule has 1 aromatic heterocycles. The van der Waals surface area contributed by atoms with E-state index in [9.17, 15) is 13.6 Å². The number of amides is 2. The van der Waals surface area contributed by atoms with Crippen LogP contribution in [0.5, 0.6) is 0 Å². The normalized spacial score (nSPS) is 15.0. The molecule has 24 heavy (non-hydrogen) atoms. The second kappa shape index (κ2) is 6.98. The highest BCUT2D eigenvalue weighted by Gasteiger charge is 2.25. The first-order valence-electron chi connectivity index (χ1n) is 8.00. The lowest BCUT2D eigenvalue weighted by Crippen LogP contribution is -2.44. The van der Waals surface area contributed by atoms with E-state index < -0.39 is 11.6 Å². The van der Waals surface area contributed by atoms with Crippen LogP contribution in [0.4, 0.5) is 13.6 Å². The van der Waals surface area contributed by atoms with Gasteiger partial charge in [0.25, 0.3) is 0 Å². The van der Waals surface area contributed by atoms with Crippen LogP contribution in [-0.2, 0) is 19.5 Å². The average Bonchev–Trinajstić information content (AvgIpc) is 3.08. The Hall–Kier alpha value is -2.44. The van der Waals surface area contributed by atoms with Gasteiger partial charge in [-0.25, -0.2) is 13.6 Å². The number of hydrogen-bond acceptors (Lipinski definition) is 2. The number of urea groups is 1. The van der Waals surface area contributed by atoms with E-state index >= 15 is 0 Å². The fourth-order valence-electron chi connectivity index (χ4n) is 2.93. The highest BCUT2D eigenvalue weighted by Crippen LogP contribution is 2.24. The quantitative estimate of drug-likeness (QED) is 0.934. The molecule has 0 radical (unpaired) electrons. The first-order valence-corrected chi connectivity index (χ1v) is 8.00. The summed E-state index contributed by atoms with van der Waals surface area (Å²) < 4.78 is 29.4. The van der Waals surface area contributed by atoms with Gasteiger partial charge in [0.05, 0.1) is 6.54 Å². The molecule has 2 amide bonds. The van der Waals surface area contributed by atoms with E-state index in [0.717, 1.165) is 12.1 Å². The Kier molecular flexibility index (Phi) is 4.78. The van der Waals surface area contributed by atoms with E-state index in [2.05, 4.69) is 10.4 Å². The standard InChI is InChI=1S/C17H20F2N4O/c1-12(10-23-7-2-6-21-23)9-20-17(24)22-8-5-13-14(11-22)16(19)4-3-15(13)18/h2-4,6-7,12H,5,8-11H2,1H3,(H,20,24)/t12-/m1/s1. The van der Waals surface area contributed by atoms with Crippen LogP contribution in [0.2, 0.25) is 0 Å². The third-order valence-corrected chi connectivity index (χ3v) is 4.24. The number of aromatic nitrogens is 2. The number of carbonyl (C=O) groups is 1. The highest BCUT2D eigenvalue weighted by atomic mass is 19.1. The molecule has 0 fully saturated rings. The first-order chi connectivity index (χ1) is 11.5. The Labute approximate surface area is 139 Å². The molecule has 1 N–H and O–H groups in total. The van der Waals surface area contributed by atoms with Gasteiger partial charge in [-0.2, -0.15) is 5.10 Å². The van der Waals surface area contributed by atoms with Crippen LogP contribution in [0.25, 0.3) is 0 Å². The van der Waals surface area contributed by atoms with E-state index in [0.29, 0.717) is 31.6 Å². The minimum atomic E-state index is -0.462.